The van der Waals surface area contributed by atoms with E-state index in [1.165, 1.54) is 29.5 Å². The van der Waals surface area contributed by atoms with Crippen molar-refractivity contribution in [3.8, 4) is 0 Å². The first-order chi connectivity index (χ1) is 9.40. The third kappa shape index (κ3) is 3.24. The fourth-order valence-corrected chi connectivity index (χ4v) is 3.43. The average Bonchev–Trinajstić information content (AvgIpc) is 2.89. The number of sulfonamides is 1. The second-order valence-electron chi connectivity index (χ2n) is 4.19. The molecule has 0 spiro atoms. The fraction of sp³-hybridized carbons (Fsp3) is 0.154. The number of carboxylic acid groups (broad SMARTS) is 1. The smallest absolute Gasteiger partial charge is 0.335 e. The van der Waals surface area contributed by atoms with E-state index < -0.39 is 16.0 Å². The number of carboxylic acids is 1. The van der Waals surface area contributed by atoms with E-state index in [-0.39, 0.29) is 17.0 Å². The lowest BCUT2D eigenvalue weighted by molar-refractivity contribution is 0.0696. The normalized spacial score (nSPS) is 11.4. The van der Waals surface area contributed by atoms with Crippen molar-refractivity contribution < 1.29 is 18.3 Å². The molecule has 1 aromatic heterocycles. The van der Waals surface area contributed by atoms with Gasteiger partial charge in [-0.15, -0.1) is 11.3 Å². The maximum absolute atomic E-state index is 12.1. The Morgan fingerprint density at radius 2 is 2.10 bits per heavy atom. The molecule has 1 aromatic carbocycles. The van der Waals surface area contributed by atoms with Crippen LogP contribution in [0.1, 0.15) is 20.8 Å². The summed E-state index contributed by atoms with van der Waals surface area (Å²) in [5, 5.41) is 10.9. The van der Waals surface area contributed by atoms with E-state index in [9.17, 15) is 13.2 Å². The summed E-state index contributed by atoms with van der Waals surface area (Å²) in [7, 11) is -3.72. The van der Waals surface area contributed by atoms with Gasteiger partial charge in [-0.2, -0.15) is 0 Å². The number of rotatable bonds is 5. The minimum absolute atomic E-state index is 0.0102. The third-order valence-corrected chi connectivity index (χ3v) is 5.04. The minimum atomic E-state index is -3.72. The molecule has 0 saturated carbocycles. The Labute approximate surface area is 120 Å². The van der Waals surface area contributed by atoms with Crippen LogP contribution in [-0.2, 0) is 16.6 Å². The highest BCUT2D eigenvalue weighted by atomic mass is 32.2. The molecule has 1 heterocycles. The monoisotopic (exact) mass is 311 g/mol. The second kappa shape index (κ2) is 5.74. The average molecular weight is 311 g/mol. The summed E-state index contributed by atoms with van der Waals surface area (Å²) < 4.78 is 26.7. The van der Waals surface area contributed by atoms with Crippen LogP contribution in [0.2, 0.25) is 0 Å². The van der Waals surface area contributed by atoms with Gasteiger partial charge in [0.05, 0.1) is 10.5 Å². The summed E-state index contributed by atoms with van der Waals surface area (Å²) in [5.41, 5.74) is 0.513. The molecule has 0 aliphatic carbocycles. The van der Waals surface area contributed by atoms with Crippen LogP contribution in [0.15, 0.2) is 40.6 Å². The van der Waals surface area contributed by atoms with Crippen LogP contribution in [0.5, 0.6) is 0 Å². The van der Waals surface area contributed by atoms with Crippen molar-refractivity contribution in [3.63, 3.8) is 0 Å². The van der Waals surface area contributed by atoms with Gasteiger partial charge in [0.25, 0.3) is 0 Å². The van der Waals surface area contributed by atoms with Crippen molar-refractivity contribution in [2.45, 2.75) is 18.4 Å². The molecule has 7 heteroatoms. The molecule has 0 atom stereocenters. The van der Waals surface area contributed by atoms with Crippen molar-refractivity contribution in [1.29, 1.82) is 0 Å². The summed E-state index contributed by atoms with van der Waals surface area (Å²) in [5.74, 6) is -1.14. The number of carbonyl (C=O) groups is 1. The van der Waals surface area contributed by atoms with Crippen LogP contribution in [0.3, 0.4) is 0 Å². The lowest BCUT2D eigenvalue weighted by atomic mass is 10.1. The number of aromatic carboxylic acids is 1. The quantitative estimate of drug-likeness (QED) is 0.887. The molecule has 20 heavy (non-hydrogen) atoms. The van der Waals surface area contributed by atoms with Crippen molar-refractivity contribution in [3.05, 3.63) is 51.7 Å². The Hall–Kier alpha value is -1.70. The molecule has 2 rings (SSSR count). The molecule has 0 saturated heterocycles. The van der Waals surface area contributed by atoms with Crippen LogP contribution in [0.25, 0.3) is 0 Å². The predicted octanol–water partition coefficient (Wildman–Crippen LogP) is 2.23. The Morgan fingerprint density at radius 3 is 2.70 bits per heavy atom. The molecule has 0 fully saturated rings. The Balaban J connectivity index is 2.25. The molecule has 0 bridgehead atoms. The Kier molecular flexibility index (Phi) is 4.22. The van der Waals surface area contributed by atoms with Gasteiger partial charge in [-0.25, -0.2) is 17.9 Å². The van der Waals surface area contributed by atoms with Crippen LogP contribution < -0.4 is 4.72 Å². The van der Waals surface area contributed by atoms with Gasteiger partial charge in [-0.05, 0) is 36.1 Å². The lowest BCUT2D eigenvalue weighted by Crippen LogP contribution is -2.23. The van der Waals surface area contributed by atoms with E-state index >= 15 is 0 Å². The highest BCUT2D eigenvalue weighted by Gasteiger charge is 2.17. The van der Waals surface area contributed by atoms with E-state index in [4.69, 9.17) is 5.11 Å². The number of hydrogen-bond donors (Lipinski definition) is 2. The van der Waals surface area contributed by atoms with Gasteiger partial charge in [0.15, 0.2) is 0 Å². The van der Waals surface area contributed by atoms with Gasteiger partial charge in [0.2, 0.25) is 10.0 Å². The highest BCUT2D eigenvalue weighted by Crippen LogP contribution is 2.16. The number of thiophene rings is 1. The van der Waals surface area contributed by atoms with Crippen molar-refractivity contribution in [2.24, 2.45) is 0 Å². The number of aryl methyl sites for hydroxylation is 1. The summed E-state index contributed by atoms with van der Waals surface area (Å²) in [6.45, 7) is 1.81. The van der Waals surface area contributed by atoms with Gasteiger partial charge in [0, 0.05) is 11.4 Å². The van der Waals surface area contributed by atoms with Crippen LogP contribution >= 0.6 is 11.3 Å². The molecule has 106 valence electrons. The lowest BCUT2D eigenvalue weighted by Gasteiger charge is -2.08. The van der Waals surface area contributed by atoms with Crippen LogP contribution in [-0.4, -0.2) is 19.5 Å². The van der Waals surface area contributed by atoms with Gasteiger partial charge < -0.3 is 5.11 Å². The van der Waals surface area contributed by atoms with E-state index in [1.807, 2.05) is 17.5 Å². The first-order valence-corrected chi connectivity index (χ1v) is 8.12. The second-order valence-corrected chi connectivity index (χ2v) is 6.98. The minimum Gasteiger partial charge on any atom is -0.478 e. The largest absolute Gasteiger partial charge is 0.478 e. The van der Waals surface area contributed by atoms with Crippen molar-refractivity contribution in [1.82, 2.24) is 4.72 Å². The summed E-state index contributed by atoms with van der Waals surface area (Å²) in [6, 6.07) is 7.73. The van der Waals surface area contributed by atoms with Crippen molar-refractivity contribution in [2.75, 3.05) is 0 Å². The van der Waals surface area contributed by atoms with E-state index in [0.717, 1.165) is 4.88 Å². The predicted molar refractivity (Wildman–Crippen MR) is 76.5 cm³/mol. The molecular formula is C13H13NO4S2. The maximum atomic E-state index is 12.1. The van der Waals surface area contributed by atoms with Crippen molar-refractivity contribution >= 4 is 27.3 Å². The molecular weight excluding hydrogens is 298 g/mol. The Morgan fingerprint density at radius 1 is 1.35 bits per heavy atom. The van der Waals surface area contributed by atoms with E-state index in [2.05, 4.69) is 4.72 Å². The zero-order chi connectivity index (χ0) is 14.8. The van der Waals surface area contributed by atoms with Crippen LogP contribution in [0, 0.1) is 6.92 Å². The SMILES string of the molecule is Cc1ccc(S(=O)(=O)NCc2cccs2)cc1C(=O)O. The zero-order valence-corrected chi connectivity index (χ0v) is 12.3. The fourth-order valence-electron chi connectivity index (χ4n) is 1.66. The topological polar surface area (TPSA) is 83.5 Å². The van der Waals surface area contributed by atoms with Crippen LogP contribution in [0.4, 0.5) is 0 Å². The highest BCUT2D eigenvalue weighted by molar-refractivity contribution is 7.89. The van der Waals surface area contributed by atoms with Gasteiger partial charge in [-0.3, -0.25) is 0 Å². The molecule has 0 aliphatic rings. The molecule has 2 N–H and O–H groups in total. The van der Waals surface area contributed by atoms with E-state index in [0.29, 0.717) is 5.56 Å². The number of benzene rings is 1. The number of hydrogen-bond acceptors (Lipinski definition) is 4. The first-order valence-electron chi connectivity index (χ1n) is 5.76. The maximum Gasteiger partial charge on any atom is 0.335 e. The summed E-state index contributed by atoms with van der Waals surface area (Å²) >= 11 is 1.45. The first kappa shape index (κ1) is 14.7. The Bertz CT molecular complexity index is 721. The van der Waals surface area contributed by atoms with E-state index in [1.54, 1.807) is 6.92 Å². The molecule has 0 amide bonds. The summed E-state index contributed by atoms with van der Waals surface area (Å²) in [4.78, 5) is 11.9. The third-order valence-electron chi connectivity index (χ3n) is 2.77. The molecule has 0 aliphatic heterocycles. The van der Waals surface area contributed by atoms with Gasteiger partial charge in [0.1, 0.15) is 0 Å². The zero-order valence-electron chi connectivity index (χ0n) is 10.7. The molecule has 0 radical (unpaired) electrons. The standard InChI is InChI=1S/C13H13NO4S2/c1-9-4-5-11(7-12(9)13(15)16)20(17,18)14-8-10-3-2-6-19-10/h2-7,14H,8H2,1H3,(H,15,16). The van der Waals surface area contributed by atoms with Gasteiger partial charge in [-0.1, -0.05) is 12.1 Å². The summed E-state index contributed by atoms with van der Waals surface area (Å²) in [6.07, 6.45) is 0. The number of nitrogens with one attached hydrogen (secondary N) is 1. The van der Waals surface area contributed by atoms with Gasteiger partial charge >= 0.3 is 5.97 Å². The molecule has 0 unspecified atom stereocenters. The molecule has 5 nitrogen and oxygen atoms in total. The molecule has 2 aromatic rings.